The van der Waals surface area contributed by atoms with Crippen LogP contribution in [0.5, 0.6) is 28.7 Å². The third-order valence-corrected chi connectivity index (χ3v) is 20.5. The summed E-state index contributed by atoms with van der Waals surface area (Å²) in [7, 11) is 0. The van der Waals surface area contributed by atoms with Gasteiger partial charge in [-0.3, -0.25) is 14.8 Å². The number of hydrogen-bond acceptors (Lipinski definition) is 22. The summed E-state index contributed by atoms with van der Waals surface area (Å²) in [6.07, 6.45) is 22.2. The molecule has 2 saturated carbocycles. The topological polar surface area (TPSA) is 222 Å². The number of benzene rings is 5. The second-order valence-corrected chi connectivity index (χ2v) is 27.9. The number of aromatic nitrogens is 2. The number of nitrogens with zero attached hydrogens (tertiary/aromatic N) is 4. The molecule has 19 nitrogen and oxygen atoms in total. The number of hydrazone groups is 1. The number of hydrogen-bond donors (Lipinski definition) is 1. The summed E-state index contributed by atoms with van der Waals surface area (Å²) >= 11 is 4.57. The summed E-state index contributed by atoms with van der Waals surface area (Å²) < 4.78 is 43.1. The fourth-order valence-corrected chi connectivity index (χ4v) is 14.6. The van der Waals surface area contributed by atoms with Gasteiger partial charge >= 0.3 is 23.9 Å². The number of fused-ring (bicyclic) bond motifs is 2. The maximum absolute atomic E-state index is 13.9. The number of anilines is 1. The molecule has 1 N–H and O–H groups in total. The predicted octanol–water partition coefficient (Wildman–Crippen LogP) is 17.7. The van der Waals surface area contributed by atoms with E-state index in [1.807, 2.05) is 96.0 Å². The zero-order valence-corrected chi connectivity index (χ0v) is 58.3. The molecule has 0 spiro atoms. The van der Waals surface area contributed by atoms with Gasteiger partial charge in [0.25, 0.3) is 0 Å². The molecule has 5 aromatic carbocycles. The first-order valence-electron chi connectivity index (χ1n) is 34.6. The molecular formula is C76H92N4O15S3. The number of para-hydroxylation sites is 2. The highest BCUT2D eigenvalue weighted by atomic mass is 32.2. The van der Waals surface area contributed by atoms with Crippen molar-refractivity contribution in [2.45, 2.75) is 158 Å². The van der Waals surface area contributed by atoms with Crippen molar-refractivity contribution >= 4 is 90.1 Å². The fourth-order valence-electron chi connectivity index (χ4n) is 11.8. The van der Waals surface area contributed by atoms with E-state index in [1.54, 1.807) is 47.1 Å². The molecule has 0 saturated heterocycles. The summed E-state index contributed by atoms with van der Waals surface area (Å²) in [4.78, 5) is 75.8. The highest BCUT2D eigenvalue weighted by Gasteiger charge is 2.32. The quantitative estimate of drug-likeness (QED) is 0.00431. The number of thiazole rings is 2. The maximum Gasteiger partial charge on any atom is 0.330 e. The number of unbranched alkanes of at least 4 members (excludes halogenated alkanes) is 11. The average Bonchev–Trinajstić information content (AvgIpc) is 1.64. The monoisotopic (exact) mass is 1400 g/mol. The number of carbonyl (C=O) groups excluding carboxylic acids is 4. The number of rotatable bonds is 44. The van der Waals surface area contributed by atoms with Crippen molar-refractivity contribution in [3.8, 4) is 28.7 Å². The van der Waals surface area contributed by atoms with Crippen LogP contribution in [0.3, 0.4) is 0 Å². The normalized spacial score (nSPS) is 16.5. The van der Waals surface area contributed by atoms with Crippen molar-refractivity contribution < 1.29 is 72.3 Å². The Morgan fingerprint density at radius 2 is 1.15 bits per heavy atom. The van der Waals surface area contributed by atoms with E-state index in [-0.39, 0.29) is 41.5 Å². The van der Waals surface area contributed by atoms with Gasteiger partial charge in [0.2, 0.25) is 5.13 Å². The fraction of sp³-hybridized carbons (Fsp3) is 0.461. The molecule has 524 valence electrons. The lowest BCUT2D eigenvalue weighted by atomic mass is 9.78. The number of ether oxygens (including phenoxy) is 7. The molecule has 2 heterocycles. The highest BCUT2D eigenvalue weighted by molar-refractivity contribution is 8.01. The SMILES string of the molecule is C=CC(=O)OCCCCCCOc1ccc(OC2CCC(C(=O)Oc3ccc(OOCC4CCC(C(OO)c5ccc(OCCCCCCOC(=O)C=C)cc5)CC4)c(/C=N/N(CCCCCCCCOC(=O)CSc4nc5ccccc5s4)c4nc5ccccc5s4)c3)CC2)cc1. The van der Waals surface area contributed by atoms with Gasteiger partial charge in [0.15, 0.2) is 10.1 Å². The predicted molar refractivity (Wildman–Crippen MR) is 384 cm³/mol. The molecule has 22 heteroatoms. The zero-order chi connectivity index (χ0) is 68.4. The summed E-state index contributed by atoms with van der Waals surface area (Å²) in [6, 6.07) is 36.6. The Bertz CT molecular complexity index is 3540. The molecule has 0 bridgehead atoms. The molecular weight excluding hydrogens is 1310 g/mol. The number of esters is 4. The molecule has 1 atom stereocenters. The van der Waals surface area contributed by atoms with Gasteiger partial charge < -0.3 is 38.0 Å². The average molecular weight is 1400 g/mol. The van der Waals surface area contributed by atoms with Crippen molar-refractivity contribution in [2.24, 2.45) is 22.9 Å². The first-order valence-corrected chi connectivity index (χ1v) is 37.2. The second-order valence-electron chi connectivity index (χ2n) is 24.6. The van der Waals surface area contributed by atoms with E-state index in [4.69, 9.17) is 57.9 Å². The minimum atomic E-state index is -0.487. The van der Waals surface area contributed by atoms with Crippen LogP contribution in [0.2, 0.25) is 0 Å². The van der Waals surface area contributed by atoms with Crippen LogP contribution in [0.15, 0.2) is 150 Å². The summed E-state index contributed by atoms with van der Waals surface area (Å²) in [5, 5.41) is 17.9. The standard InChI is InChI=1S/C76H92N4O15S3/c1-3-70(81)88-48-21-11-9-18-46-86-60-35-31-57(32-36-60)73(94-85)56-29-27-55(28-30-56)53-91-95-67-44-43-64(93-74(84)58-33-37-62(38-34-58)92-63-41-39-61(40-42-63)87-47-19-10-12-22-49-89-71(82)4-2)51-59(67)52-77-80(75-78-65-23-13-15-25-68(65)97-75)45-17-7-5-6-8-20-50-90-72(83)54-96-76-79-66-24-14-16-26-69(66)98-76/h3-4,13-16,23-26,31-32,35-36,39-44,51-52,55-56,58,62,73,85H,1-2,5-12,17-22,27-30,33-34,37-38,45-50,53-54H2/b77-52+. The smallest absolute Gasteiger partial charge is 0.330 e. The van der Waals surface area contributed by atoms with Crippen molar-refractivity contribution in [3.63, 3.8) is 0 Å². The summed E-state index contributed by atoms with van der Waals surface area (Å²) in [5.41, 5.74) is 3.25. The zero-order valence-electron chi connectivity index (χ0n) is 55.9. The van der Waals surface area contributed by atoms with Gasteiger partial charge in [0.05, 0.1) is 84.1 Å². The highest BCUT2D eigenvalue weighted by Crippen LogP contribution is 2.40. The van der Waals surface area contributed by atoms with Gasteiger partial charge in [0, 0.05) is 24.3 Å². The lowest BCUT2D eigenvalue weighted by molar-refractivity contribution is -0.296. The molecule has 1 unspecified atom stereocenters. The number of carbonyl (C=O) groups is 4. The first kappa shape index (κ1) is 74.4. The Balaban J connectivity index is 0.763. The Kier molecular flexibility index (Phi) is 31.5. The van der Waals surface area contributed by atoms with Crippen molar-refractivity contribution in [1.29, 1.82) is 0 Å². The largest absolute Gasteiger partial charge is 0.494 e. The number of thioether (sulfide) groups is 1. The third-order valence-electron chi connectivity index (χ3n) is 17.3. The molecule has 2 aliphatic carbocycles. The Hall–Kier alpha value is -7.86. The molecule has 2 aliphatic rings. The van der Waals surface area contributed by atoms with Crippen molar-refractivity contribution in [3.05, 3.63) is 152 Å². The van der Waals surface area contributed by atoms with Gasteiger partial charge in [-0.05, 0) is 212 Å². The Morgan fingerprint density at radius 1 is 0.602 bits per heavy atom. The van der Waals surface area contributed by atoms with E-state index >= 15 is 0 Å². The van der Waals surface area contributed by atoms with Gasteiger partial charge in [-0.2, -0.15) is 9.99 Å². The van der Waals surface area contributed by atoms with Gasteiger partial charge in [0.1, 0.15) is 29.1 Å². The van der Waals surface area contributed by atoms with E-state index < -0.39 is 18.0 Å². The second kappa shape index (κ2) is 41.5. The molecule has 2 aromatic heterocycles. The van der Waals surface area contributed by atoms with E-state index in [1.165, 1.54) is 23.9 Å². The minimum absolute atomic E-state index is 0.0429. The van der Waals surface area contributed by atoms with E-state index in [9.17, 15) is 24.4 Å². The van der Waals surface area contributed by atoms with Gasteiger partial charge in [-0.1, -0.05) is 98.3 Å². The molecule has 0 amide bonds. The van der Waals surface area contributed by atoms with Crippen LogP contribution >= 0.6 is 34.4 Å². The molecule has 2 fully saturated rings. The summed E-state index contributed by atoms with van der Waals surface area (Å²) in [6.45, 7) is 10.1. The van der Waals surface area contributed by atoms with E-state index in [2.05, 4.69) is 24.2 Å². The van der Waals surface area contributed by atoms with E-state index in [0.29, 0.717) is 88.9 Å². The van der Waals surface area contributed by atoms with Crippen LogP contribution in [-0.2, 0) is 43.2 Å². The molecule has 7 aromatic rings. The summed E-state index contributed by atoms with van der Waals surface area (Å²) in [5.74, 6) is 1.92. The van der Waals surface area contributed by atoms with Crippen LogP contribution < -0.4 is 28.8 Å². The van der Waals surface area contributed by atoms with Gasteiger partial charge in [-0.25, -0.2) is 29.5 Å². The molecule has 9 rings (SSSR count). The van der Waals surface area contributed by atoms with Crippen molar-refractivity contribution in [1.82, 2.24) is 9.97 Å². The molecule has 98 heavy (non-hydrogen) atoms. The lowest BCUT2D eigenvalue weighted by Gasteiger charge is -2.32. The minimum Gasteiger partial charge on any atom is -0.494 e. The van der Waals surface area contributed by atoms with Crippen LogP contribution in [0, 0.1) is 17.8 Å². The van der Waals surface area contributed by atoms with Crippen LogP contribution in [0.4, 0.5) is 5.13 Å². The lowest BCUT2D eigenvalue weighted by Crippen LogP contribution is -2.30. The van der Waals surface area contributed by atoms with Crippen LogP contribution in [-0.4, -0.2) is 103 Å². The Labute approximate surface area is 587 Å². The van der Waals surface area contributed by atoms with Crippen LogP contribution in [0.25, 0.3) is 20.4 Å². The maximum atomic E-state index is 13.9. The molecule has 0 aliphatic heterocycles. The van der Waals surface area contributed by atoms with Crippen molar-refractivity contribution in [2.75, 3.05) is 56.9 Å². The Morgan fingerprint density at radius 3 is 1.77 bits per heavy atom. The molecule has 0 radical (unpaired) electrons. The van der Waals surface area contributed by atoms with E-state index in [0.717, 1.165) is 168 Å². The van der Waals surface area contributed by atoms with Gasteiger partial charge in [-0.15, -0.1) is 11.3 Å². The third kappa shape index (κ3) is 25.1. The van der Waals surface area contributed by atoms with Crippen LogP contribution in [0.1, 0.15) is 158 Å². The first-order chi connectivity index (χ1) is 48.1.